The highest BCUT2D eigenvalue weighted by Crippen LogP contribution is 2.31. The van der Waals surface area contributed by atoms with Gasteiger partial charge in [-0.05, 0) is 38.0 Å². The number of nitrogens with one attached hydrogen (secondary N) is 1. The van der Waals surface area contributed by atoms with Gasteiger partial charge in [-0.15, -0.1) is 0 Å². The summed E-state index contributed by atoms with van der Waals surface area (Å²) >= 11 is 0. The summed E-state index contributed by atoms with van der Waals surface area (Å²) < 4.78 is 0. The van der Waals surface area contributed by atoms with Crippen LogP contribution in [-0.4, -0.2) is 18.0 Å². The topological polar surface area (TPSA) is 55.1 Å². The van der Waals surface area contributed by atoms with Gasteiger partial charge >= 0.3 is 0 Å². The molecular weight excluding hydrogens is 260 g/mol. The van der Waals surface area contributed by atoms with E-state index in [4.69, 9.17) is 5.73 Å². The second-order valence-corrected chi connectivity index (χ2v) is 7.09. The lowest BCUT2D eigenvalue weighted by Crippen LogP contribution is -2.55. The minimum atomic E-state index is -0.106. The van der Waals surface area contributed by atoms with Gasteiger partial charge in [0.05, 0.1) is 5.54 Å². The van der Waals surface area contributed by atoms with Crippen LogP contribution in [0.3, 0.4) is 0 Å². The van der Waals surface area contributed by atoms with Gasteiger partial charge in [0.2, 0.25) is 5.91 Å². The fraction of sp³-hybridized carbons (Fsp3) is 0.944. The summed E-state index contributed by atoms with van der Waals surface area (Å²) in [6, 6.07) is 0. The number of nitrogens with two attached hydrogens (primary N) is 1. The highest BCUT2D eigenvalue weighted by molar-refractivity contribution is 5.76. The lowest BCUT2D eigenvalue weighted by Gasteiger charge is -2.39. The standard InChI is InChI=1S/C18H36N2O/c1-3-4-5-6-7-8-9-10-17(21)20-18(15-19)13-11-16(2)12-14-18/h16H,3-15,19H2,1-2H3,(H,20,21). The van der Waals surface area contributed by atoms with E-state index in [1.807, 2.05) is 0 Å². The molecule has 0 saturated heterocycles. The largest absolute Gasteiger partial charge is 0.349 e. The molecule has 1 aliphatic rings. The second-order valence-electron chi connectivity index (χ2n) is 7.09. The van der Waals surface area contributed by atoms with E-state index in [2.05, 4.69) is 19.2 Å². The first-order chi connectivity index (χ1) is 10.1. The third kappa shape index (κ3) is 7.30. The molecule has 1 saturated carbocycles. The second kappa shape index (κ2) is 10.2. The Morgan fingerprint density at radius 1 is 1.10 bits per heavy atom. The van der Waals surface area contributed by atoms with Gasteiger partial charge in [-0.25, -0.2) is 0 Å². The quantitative estimate of drug-likeness (QED) is 0.595. The van der Waals surface area contributed by atoms with E-state index in [1.54, 1.807) is 0 Å². The molecule has 0 aromatic rings. The Balaban J connectivity index is 2.14. The number of hydrogen-bond acceptors (Lipinski definition) is 2. The van der Waals surface area contributed by atoms with Gasteiger partial charge in [-0.2, -0.15) is 0 Å². The minimum Gasteiger partial charge on any atom is -0.349 e. The molecule has 3 N–H and O–H groups in total. The number of carbonyl (C=O) groups is 1. The van der Waals surface area contributed by atoms with Crippen molar-refractivity contribution in [3.63, 3.8) is 0 Å². The monoisotopic (exact) mass is 296 g/mol. The van der Waals surface area contributed by atoms with Crippen LogP contribution < -0.4 is 11.1 Å². The molecule has 3 heteroatoms. The van der Waals surface area contributed by atoms with Crippen LogP contribution in [0.2, 0.25) is 0 Å². The molecule has 0 aromatic heterocycles. The van der Waals surface area contributed by atoms with Gasteiger partial charge in [0.1, 0.15) is 0 Å². The Hall–Kier alpha value is -0.570. The molecule has 1 fully saturated rings. The molecule has 0 aromatic carbocycles. The van der Waals surface area contributed by atoms with Crippen molar-refractivity contribution in [3.8, 4) is 0 Å². The summed E-state index contributed by atoms with van der Waals surface area (Å²) in [6.07, 6.45) is 13.9. The smallest absolute Gasteiger partial charge is 0.220 e. The van der Waals surface area contributed by atoms with E-state index in [1.165, 1.54) is 51.4 Å². The van der Waals surface area contributed by atoms with Gasteiger partial charge in [-0.1, -0.05) is 52.4 Å². The average molecular weight is 296 g/mol. The van der Waals surface area contributed by atoms with Crippen LogP contribution in [0.1, 0.15) is 90.9 Å². The van der Waals surface area contributed by atoms with Crippen molar-refractivity contribution in [2.24, 2.45) is 11.7 Å². The zero-order chi connectivity index (χ0) is 15.6. The molecule has 0 atom stereocenters. The first-order valence-corrected chi connectivity index (χ1v) is 9.13. The SMILES string of the molecule is CCCCCCCCCC(=O)NC1(CN)CCC(C)CC1. The van der Waals surface area contributed by atoms with Crippen molar-refractivity contribution in [3.05, 3.63) is 0 Å². The zero-order valence-corrected chi connectivity index (χ0v) is 14.3. The summed E-state index contributed by atoms with van der Waals surface area (Å²) in [5.41, 5.74) is 5.83. The lowest BCUT2D eigenvalue weighted by atomic mass is 9.77. The van der Waals surface area contributed by atoms with Crippen molar-refractivity contribution < 1.29 is 4.79 Å². The number of rotatable bonds is 10. The fourth-order valence-electron chi connectivity index (χ4n) is 3.30. The molecule has 1 rings (SSSR count). The Bertz CT molecular complexity index is 283. The first-order valence-electron chi connectivity index (χ1n) is 9.13. The van der Waals surface area contributed by atoms with Gasteiger partial charge in [-0.3, -0.25) is 4.79 Å². The van der Waals surface area contributed by atoms with Crippen molar-refractivity contribution in [1.82, 2.24) is 5.32 Å². The molecule has 1 amide bonds. The van der Waals surface area contributed by atoms with Crippen LogP contribution in [0.25, 0.3) is 0 Å². The van der Waals surface area contributed by atoms with Gasteiger partial charge in [0, 0.05) is 13.0 Å². The van der Waals surface area contributed by atoms with Crippen molar-refractivity contribution in [2.75, 3.05) is 6.54 Å². The van der Waals surface area contributed by atoms with E-state index >= 15 is 0 Å². The molecule has 0 radical (unpaired) electrons. The Morgan fingerprint density at radius 2 is 1.67 bits per heavy atom. The highest BCUT2D eigenvalue weighted by Gasteiger charge is 2.33. The summed E-state index contributed by atoms with van der Waals surface area (Å²) in [5, 5.41) is 3.25. The van der Waals surface area contributed by atoms with Crippen molar-refractivity contribution in [1.29, 1.82) is 0 Å². The molecule has 124 valence electrons. The highest BCUT2D eigenvalue weighted by atomic mass is 16.1. The Morgan fingerprint density at radius 3 is 2.24 bits per heavy atom. The third-order valence-corrected chi connectivity index (χ3v) is 5.03. The number of carbonyl (C=O) groups excluding carboxylic acids is 1. The molecule has 0 heterocycles. The van der Waals surface area contributed by atoms with Crippen LogP contribution in [0.15, 0.2) is 0 Å². The zero-order valence-electron chi connectivity index (χ0n) is 14.3. The number of hydrogen-bond donors (Lipinski definition) is 2. The predicted octanol–water partition coefficient (Wildman–Crippen LogP) is 4.15. The average Bonchev–Trinajstić information content (AvgIpc) is 2.49. The number of amides is 1. The molecule has 0 aliphatic heterocycles. The Labute approximate surface area is 131 Å². The van der Waals surface area contributed by atoms with Gasteiger partial charge in [0.25, 0.3) is 0 Å². The van der Waals surface area contributed by atoms with Crippen LogP contribution in [0, 0.1) is 5.92 Å². The van der Waals surface area contributed by atoms with E-state index in [0.717, 1.165) is 25.2 Å². The van der Waals surface area contributed by atoms with Crippen LogP contribution in [-0.2, 0) is 4.79 Å². The molecule has 0 bridgehead atoms. The molecule has 21 heavy (non-hydrogen) atoms. The number of unbranched alkanes of at least 4 members (excludes halogenated alkanes) is 6. The minimum absolute atomic E-state index is 0.106. The Kier molecular flexibility index (Phi) is 8.98. The fourth-order valence-corrected chi connectivity index (χ4v) is 3.30. The van der Waals surface area contributed by atoms with Crippen molar-refractivity contribution >= 4 is 5.91 Å². The van der Waals surface area contributed by atoms with E-state index in [-0.39, 0.29) is 11.4 Å². The summed E-state index contributed by atoms with van der Waals surface area (Å²) in [4.78, 5) is 12.1. The molecule has 0 unspecified atom stereocenters. The summed E-state index contributed by atoms with van der Waals surface area (Å²) in [7, 11) is 0. The molecule has 1 aliphatic carbocycles. The maximum absolute atomic E-state index is 12.1. The van der Waals surface area contributed by atoms with E-state index < -0.39 is 0 Å². The van der Waals surface area contributed by atoms with Crippen LogP contribution >= 0.6 is 0 Å². The normalized spacial score (nSPS) is 25.8. The van der Waals surface area contributed by atoms with Gasteiger partial charge < -0.3 is 11.1 Å². The summed E-state index contributed by atoms with van der Waals surface area (Å²) in [6.45, 7) is 5.12. The predicted molar refractivity (Wildman–Crippen MR) is 90.2 cm³/mol. The third-order valence-electron chi connectivity index (χ3n) is 5.03. The maximum Gasteiger partial charge on any atom is 0.220 e. The van der Waals surface area contributed by atoms with Crippen molar-refractivity contribution in [2.45, 2.75) is 96.4 Å². The van der Waals surface area contributed by atoms with Crippen LogP contribution in [0.4, 0.5) is 0 Å². The lowest BCUT2D eigenvalue weighted by molar-refractivity contribution is -0.123. The molecule has 3 nitrogen and oxygen atoms in total. The van der Waals surface area contributed by atoms with Gasteiger partial charge in [0.15, 0.2) is 0 Å². The summed E-state index contributed by atoms with van der Waals surface area (Å²) in [5.74, 6) is 0.994. The molecule has 0 spiro atoms. The first kappa shape index (κ1) is 18.5. The van der Waals surface area contributed by atoms with Crippen LogP contribution in [0.5, 0.6) is 0 Å². The van der Waals surface area contributed by atoms with E-state index in [0.29, 0.717) is 13.0 Å². The maximum atomic E-state index is 12.1. The van der Waals surface area contributed by atoms with E-state index in [9.17, 15) is 4.79 Å². The molecular formula is C18H36N2O.